The lowest BCUT2D eigenvalue weighted by atomic mass is 10.0. The molecule has 0 fully saturated rings. The van der Waals surface area contributed by atoms with Crippen LogP contribution in [0.3, 0.4) is 0 Å². The van der Waals surface area contributed by atoms with Crippen LogP contribution in [0.15, 0.2) is 53.5 Å². The van der Waals surface area contributed by atoms with E-state index in [0.29, 0.717) is 34.2 Å². The molecule has 0 unspecified atom stereocenters. The van der Waals surface area contributed by atoms with Gasteiger partial charge in [0, 0.05) is 29.5 Å². The molecule has 0 aliphatic carbocycles. The molecule has 2 N–H and O–H groups in total. The summed E-state index contributed by atoms with van der Waals surface area (Å²) in [6.07, 6.45) is 0.910. The van der Waals surface area contributed by atoms with E-state index in [2.05, 4.69) is 48.7 Å². The third-order valence-corrected chi connectivity index (χ3v) is 5.76. The minimum absolute atomic E-state index is 0.264. The first kappa shape index (κ1) is 22.5. The zero-order valence-electron chi connectivity index (χ0n) is 17.7. The van der Waals surface area contributed by atoms with Crippen LogP contribution in [0.5, 0.6) is 0 Å². The largest absolute Gasteiger partial charge is 0.338 e. The molecule has 0 radical (unpaired) electrons. The first-order valence-corrected chi connectivity index (χ1v) is 11.3. The van der Waals surface area contributed by atoms with Gasteiger partial charge in [-0.3, -0.25) is 5.32 Å². The van der Waals surface area contributed by atoms with Crippen LogP contribution in [0.4, 0.5) is 11.6 Å². The molecule has 4 rings (SSSR count). The van der Waals surface area contributed by atoms with Crippen molar-refractivity contribution in [3.8, 4) is 0 Å². The third-order valence-electron chi connectivity index (χ3n) is 5.02. The predicted molar refractivity (Wildman–Crippen MR) is 136 cm³/mol. The van der Waals surface area contributed by atoms with Crippen molar-refractivity contribution in [1.82, 2.24) is 14.9 Å². The van der Waals surface area contributed by atoms with Crippen LogP contribution in [-0.4, -0.2) is 32.5 Å². The molecule has 2 aromatic carbocycles. The zero-order chi connectivity index (χ0) is 22.7. The standard InChI is InChI=1S/C23H22Cl2N6S/c1-14-11-15(2)27-21(26-14)29-22(31-10-9-16-5-3-4-6-17(16)13-31)30-23(32)28-20-8-7-18(24)12-19(20)25/h3-8,11-12H,9-10,13H2,1-2H3,(H2,26,27,28,29,30,32). The van der Waals surface area contributed by atoms with Crippen LogP contribution in [0, 0.1) is 13.8 Å². The lowest BCUT2D eigenvalue weighted by Gasteiger charge is -2.31. The number of aliphatic imine (C=N–C) groups is 1. The van der Waals surface area contributed by atoms with E-state index in [-0.39, 0.29) is 5.11 Å². The molecule has 2 heterocycles. The molecule has 3 aromatic rings. The van der Waals surface area contributed by atoms with E-state index >= 15 is 0 Å². The summed E-state index contributed by atoms with van der Waals surface area (Å²) in [5, 5.41) is 7.64. The fraction of sp³-hybridized carbons (Fsp3) is 0.217. The fourth-order valence-electron chi connectivity index (χ4n) is 3.57. The molecule has 1 aliphatic rings. The van der Waals surface area contributed by atoms with Gasteiger partial charge in [0.15, 0.2) is 0 Å². The molecular weight excluding hydrogens is 463 g/mol. The maximum Gasteiger partial charge on any atom is 0.229 e. The number of hydrogen-bond acceptors (Lipinski definition) is 3. The molecule has 0 spiro atoms. The van der Waals surface area contributed by atoms with Crippen LogP contribution in [0.2, 0.25) is 10.0 Å². The van der Waals surface area contributed by atoms with Gasteiger partial charge in [-0.1, -0.05) is 47.5 Å². The normalized spacial score (nSPS) is 13.5. The zero-order valence-corrected chi connectivity index (χ0v) is 20.0. The molecule has 164 valence electrons. The molecular formula is C23H22Cl2N6S. The van der Waals surface area contributed by atoms with Crippen molar-refractivity contribution >= 4 is 58.1 Å². The van der Waals surface area contributed by atoms with E-state index in [1.807, 2.05) is 26.0 Å². The molecule has 32 heavy (non-hydrogen) atoms. The van der Waals surface area contributed by atoms with Gasteiger partial charge in [-0.05, 0) is 67.9 Å². The van der Waals surface area contributed by atoms with Gasteiger partial charge in [0.25, 0.3) is 0 Å². The lowest BCUT2D eigenvalue weighted by molar-refractivity contribution is 0.393. The highest BCUT2D eigenvalue weighted by Gasteiger charge is 2.21. The molecule has 1 aliphatic heterocycles. The second-order valence-corrected chi connectivity index (χ2v) is 8.76. The van der Waals surface area contributed by atoms with Crippen LogP contribution < -0.4 is 10.6 Å². The molecule has 0 amide bonds. The van der Waals surface area contributed by atoms with E-state index in [1.165, 1.54) is 11.1 Å². The summed E-state index contributed by atoms with van der Waals surface area (Å²) >= 11 is 17.8. The summed E-state index contributed by atoms with van der Waals surface area (Å²) in [6.45, 7) is 5.36. The van der Waals surface area contributed by atoms with E-state index in [1.54, 1.807) is 18.2 Å². The van der Waals surface area contributed by atoms with Gasteiger partial charge in [-0.25, -0.2) is 9.97 Å². The average molecular weight is 485 g/mol. The van der Waals surface area contributed by atoms with Crippen molar-refractivity contribution in [3.05, 3.63) is 81.1 Å². The number of anilines is 2. The predicted octanol–water partition coefficient (Wildman–Crippen LogP) is 5.62. The maximum absolute atomic E-state index is 6.28. The Balaban J connectivity index is 1.62. The summed E-state index contributed by atoms with van der Waals surface area (Å²) in [6, 6.07) is 15.5. The number of aromatic nitrogens is 2. The number of hydrogen-bond donors (Lipinski definition) is 2. The topological polar surface area (TPSA) is 65.4 Å². The van der Waals surface area contributed by atoms with E-state index in [0.717, 1.165) is 24.4 Å². The Morgan fingerprint density at radius 1 is 1.00 bits per heavy atom. The number of nitrogens with one attached hydrogen (secondary N) is 2. The summed E-state index contributed by atoms with van der Waals surface area (Å²) < 4.78 is 0. The Kier molecular flexibility index (Phi) is 6.89. The van der Waals surface area contributed by atoms with Crippen molar-refractivity contribution in [2.75, 3.05) is 17.2 Å². The summed E-state index contributed by atoms with van der Waals surface area (Å²) in [5.41, 5.74) is 4.98. The van der Waals surface area contributed by atoms with Crippen LogP contribution in [0.1, 0.15) is 22.5 Å². The number of guanidine groups is 1. The van der Waals surface area contributed by atoms with Crippen molar-refractivity contribution in [2.45, 2.75) is 26.8 Å². The van der Waals surface area contributed by atoms with Crippen molar-refractivity contribution in [1.29, 1.82) is 0 Å². The van der Waals surface area contributed by atoms with Crippen molar-refractivity contribution < 1.29 is 0 Å². The van der Waals surface area contributed by atoms with E-state index in [9.17, 15) is 0 Å². The fourth-order valence-corrected chi connectivity index (χ4v) is 4.22. The number of aryl methyl sites for hydroxylation is 2. The average Bonchev–Trinajstić information content (AvgIpc) is 2.74. The smallest absolute Gasteiger partial charge is 0.229 e. The first-order valence-electron chi connectivity index (χ1n) is 10.1. The number of fused-ring (bicyclic) bond motifs is 1. The SMILES string of the molecule is Cc1cc(C)nc(N/C(=N/C(=S)Nc2ccc(Cl)cc2Cl)N2CCc3ccccc3C2)n1. The molecule has 9 heteroatoms. The molecule has 6 nitrogen and oxygen atoms in total. The highest BCUT2D eigenvalue weighted by Crippen LogP contribution is 2.26. The minimum Gasteiger partial charge on any atom is -0.338 e. The monoisotopic (exact) mass is 484 g/mol. The van der Waals surface area contributed by atoms with Crippen molar-refractivity contribution in [3.63, 3.8) is 0 Å². The van der Waals surface area contributed by atoms with Gasteiger partial charge < -0.3 is 10.2 Å². The summed E-state index contributed by atoms with van der Waals surface area (Å²) in [4.78, 5) is 15.8. The van der Waals surface area contributed by atoms with Gasteiger partial charge in [-0.15, -0.1) is 0 Å². The molecule has 0 atom stereocenters. The number of nitrogens with zero attached hydrogens (tertiary/aromatic N) is 4. The number of rotatable bonds is 2. The quantitative estimate of drug-likeness (QED) is 0.279. The maximum atomic E-state index is 6.28. The van der Waals surface area contributed by atoms with Gasteiger partial charge >= 0.3 is 0 Å². The Morgan fingerprint density at radius 3 is 2.44 bits per heavy atom. The second-order valence-electron chi connectivity index (χ2n) is 7.53. The molecule has 0 saturated carbocycles. The molecule has 0 saturated heterocycles. The van der Waals surface area contributed by atoms with Crippen LogP contribution >= 0.6 is 35.4 Å². The Labute approximate surface area is 202 Å². The second kappa shape index (κ2) is 9.81. The number of thiocarbonyl (C=S) groups is 1. The first-order chi connectivity index (χ1) is 15.4. The molecule has 0 bridgehead atoms. The third kappa shape index (κ3) is 5.54. The van der Waals surface area contributed by atoms with Gasteiger partial charge in [-0.2, -0.15) is 4.99 Å². The van der Waals surface area contributed by atoms with Gasteiger partial charge in [0.2, 0.25) is 17.0 Å². The number of halogens is 2. The van der Waals surface area contributed by atoms with Crippen LogP contribution in [-0.2, 0) is 13.0 Å². The van der Waals surface area contributed by atoms with Crippen LogP contribution in [0.25, 0.3) is 0 Å². The molecule has 1 aromatic heterocycles. The highest BCUT2D eigenvalue weighted by molar-refractivity contribution is 7.80. The van der Waals surface area contributed by atoms with E-state index in [4.69, 9.17) is 35.4 Å². The summed E-state index contributed by atoms with van der Waals surface area (Å²) in [5.74, 6) is 1.06. The van der Waals surface area contributed by atoms with Gasteiger partial charge in [0.05, 0.1) is 10.7 Å². The Bertz CT molecular complexity index is 1180. The Morgan fingerprint density at radius 2 is 1.72 bits per heavy atom. The van der Waals surface area contributed by atoms with Gasteiger partial charge in [0.1, 0.15) is 0 Å². The highest BCUT2D eigenvalue weighted by atomic mass is 35.5. The van der Waals surface area contributed by atoms with Crippen molar-refractivity contribution in [2.24, 2.45) is 4.99 Å². The number of benzene rings is 2. The van der Waals surface area contributed by atoms with E-state index < -0.39 is 0 Å². The lowest BCUT2D eigenvalue weighted by Crippen LogP contribution is -2.41. The Hall–Kier alpha value is -2.74. The summed E-state index contributed by atoms with van der Waals surface area (Å²) in [7, 11) is 0. The minimum atomic E-state index is 0.264.